The Morgan fingerprint density at radius 2 is 2.24 bits per heavy atom. The normalized spacial score (nSPS) is 10.7. The van der Waals surface area contributed by atoms with Crippen LogP contribution in [-0.2, 0) is 21.8 Å². The lowest BCUT2D eigenvalue weighted by Crippen LogP contribution is -2.08. The maximum absolute atomic E-state index is 12.6. The lowest BCUT2D eigenvalue weighted by Gasteiger charge is -2.11. The molecule has 0 bridgehead atoms. The summed E-state index contributed by atoms with van der Waals surface area (Å²) in [5.74, 6) is -0.723. The van der Waals surface area contributed by atoms with E-state index in [-0.39, 0.29) is 22.9 Å². The second-order valence-electron chi connectivity index (χ2n) is 3.15. The monoisotopic (exact) mass is 283 g/mol. The number of esters is 1. The standard InChI is InChI=1S/C10H9Cl2F2NO2/c1-17-7(16)2-5-4-15-9(10(13)14)6(3-11)8(5)12/h4,10H,2-3H2,1H3. The summed E-state index contributed by atoms with van der Waals surface area (Å²) in [5.41, 5.74) is -0.0954. The van der Waals surface area contributed by atoms with Crippen LogP contribution in [0.4, 0.5) is 8.78 Å². The zero-order valence-electron chi connectivity index (χ0n) is 8.84. The van der Waals surface area contributed by atoms with Gasteiger partial charge >= 0.3 is 5.97 Å². The minimum absolute atomic E-state index is 0.0377. The lowest BCUT2D eigenvalue weighted by atomic mass is 10.1. The molecule has 1 heterocycles. The second kappa shape index (κ2) is 6.12. The Morgan fingerprint density at radius 3 is 2.71 bits per heavy atom. The van der Waals surface area contributed by atoms with Crippen molar-refractivity contribution in [1.29, 1.82) is 0 Å². The summed E-state index contributed by atoms with van der Waals surface area (Å²) in [6.07, 6.45) is -1.75. The molecule has 0 saturated heterocycles. The van der Waals surface area contributed by atoms with Crippen LogP contribution in [0.2, 0.25) is 5.02 Å². The highest BCUT2D eigenvalue weighted by atomic mass is 35.5. The molecule has 0 aromatic carbocycles. The van der Waals surface area contributed by atoms with Crippen LogP contribution >= 0.6 is 23.2 Å². The van der Waals surface area contributed by atoms with Gasteiger partial charge in [0.25, 0.3) is 6.43 Å². The van der Waals surface area contributed by atoms with E-state index in [4.69, 9.17) is 23.2 Å². The molecule has 0 saturated carbocycles. The Labute approximate surface area is 107 Å². The van der Waals surface area contributed by atoms with Gasteiger partial charge in [-0.1, -0.05) is 11.6 Å². The van der Waals surface area contributed by atoms with E-state index in [1.807, 2.05) is 0 Å². The number of hydrogen-bond acceptors (Lipinski definition) is 3. The predicted molar refractivity (Wildman–Crippen MR) is 59.5 cm³/mol. The van der Waals surface area contributed by atoms with Gasteiger partial charge < -0.3 is 4.74 Å². The van der Waals surface area contributed by atoms with Crippen LogP contribution in [0.3, 0.4) is 0 Å². The Hall–Kier alpha value is -0.940. The zero-order chi connectivity index (χ0) is 13.0. The molecule has 0 unspecified atom stereocenters. The number of carbonyl (C=O) groups is 1. The van der Waals surface area contributed by atoms with Crippen molar-refractivity contribution in [3.05, 3.63) is 28.0 Å². The van der Waals surface area contributed by atoms with Crippen molar-refractivity contribution in [2.45, 2.75) is 18.7 Å². The fourth-order valence-corrected chi connectivity index (χ4v) is 1.87. The quantitative estimate of drug-likeness (QED) is 0.630. The van der Waals surface area contributed by atoms with Gasteiger partial charge in [0.15, 0.2) is 0 Å². The molecular weight excluding hydrogens is 275 g/mol. The number of carbonyl (C=O) groups excluding carboxylic acids is 1. The highest BCUT2D eigenvalue weighted by Crippen LogP contribution is 2.30. The van der Waals surface area contributed by atoms with E-state index in [0.29, 0.717) is 5.56 Å². The predicted octanol–water partition coefficient (Wildman–Crippen LogP) is 3.13. The molecule has 0 fully saturated rings. The van der Waals surface area contributed by atoms with Gasteiger partial charge in [-0.3, -0.25) is 9.78 Å². The number of nitrogens with zero attached hydrogens (tertiary/aromatic N) is 1. The summed E-state index contributed by atoms with van der Waals surface area (Å²) in [6, 6.07) is 0. The smallest absolute Gasteiger partial charge is 0.310 e. The van der Waals surface area contributed by atoms with Crippen molar-refractivity contribution >= 4 is 29.2 Å². The van der Waals surface area contributed by atoms with Crippen molar-refractivity contribution in [2.24, 2.45) is 0 Å². The third kappa shape index (κ3) is 3.26. The van der Waals surface area contributed by atoms with E-state index in [1.165, 1.54) is 7.11 Å². The molecule has 1 rings (SSSR count). The van der Waals surface area contributed by atoms with Crippen molar-refractivity contribution in [3.63, 3.8) is 0 Å². The maximum atomic E-state index is 12.6. The molecule has 1 aromatic heterocycles. The molecule has 0 aliphatic carbocycles. The lowest BCUT2D eigenvalue weighted by molar-refractivity contribution is -0.139. The maximum Gasteiger partial charge on any atom is 0.310 e. The van der Waals surface area contributed by atoms with Crippen LogP contribution < -0.4 is 0 Å². The summed E-state index contributed by atoms with van der Waals surface area (Å²) in [7, 11) is 1.22. The van der Waals surface area contributed by atoms with E-state index in [0.717, 1.165) is 6.20 Å². The Bertz CT molecular complexity index is 427. The molecule has 0 amide bonds. The van der Waals surface area contributed by atoms with E-state index in [9.17, 15) is 13.6 Å². The van der Waals surface area contributed by atoms with Gasteiger partial charge in [-0.15, -0.1) is 11.6 Å². The zero-order valence-corrected chi connectivity index (χ0v) is 10.4. The van der Waals surface area contributed by atoms with Gasteiger partial charge in [0.1, 0.15) is 5.69 Å². The van der Waals surface area contributed by atoms with E-state index < -0.39 is 18.1 Å². The molecule has 7 heteroatoms. The first-order valence-electron chi connectivity index (χ1n) is 4.58. The molecule has 0 atom stereocenters. The number of pyridine rings is 1. The molecule has 17 heavy (non-hydrogen) atoms. The van der Waals surface area contributed by atoms with Crippen LogP contribution in [0.15, 0.2) is 6.20 Å². The fraction of sp³-hybridized carbons (Fsp3) is 0.400. The molecule has 0 N–H and O–H groups in total. The first kappa shape index (κ1) is 14.1. The number of ether oxygens (including phenoxy) is 1. The SMILES string of the molecule is COC(=O)Cc1cnc(C(F)F)c(CCl)c1Cl. The molecule has 0 radical (unpaired) electrons. The largest absolute Gasteiger partial charge is 0.469 e. The highest BCUT2D eigenvalue weighted by molar-refractivity contribution is 6.33. The summed E-state index contributed by atoms with van der Waals surface area (Å²) >= 11 is 11.4. The number of hydrogen-bond donors (Lipinski definition) is 0. The van der Waals surface area contributed by atoms with Crippen molar-refractivity contribution < 1.29 is 18.3 Å². The minimum Gasteiger partial charge on any atom is -0.469 e. The second-order valence-corrected chi connectivity index (χ2v) is 3.79. The van der Waals surface area contributed by atoms with Gasteiger partial charge in [0.05, 0.1) is 24.4 Å². The average molecular weight is 284 g/mol. The van der Waals surface area contributed by atoms with Crippen LogP contribution in [0.25, 0.3) is 0 Å². The minimum atomic E-state index is -2.76. The van der Waals surface area contributed by atoms with E-state index in [1.54, 1.807) is 0 Å². The third-order valence-corrected chi connectivity index (χ3v) is 2.86. The molecule has 0 spiro atoms. The Morgan fingerprint density at radius 1 is 1.59 bits per heavy atom. The number of alkyl halides is 3. The first-order valence-corrected chi connectivity index (χ1v) is 5.49. The van der Waals surface area contributed by atoms with Crippen LogP contribution in [-0.4, -0.2) is 18.1 Å². The van der Waals surface area contributed by atoms with Crippen LogP contribution in [0.5, 0.6) is 0 Å². The number of methoxy groups -OCH3 is 1. The van der Waals surface area contributed by atoms with E-state index >= 15 is 0 Å². The highest BCUT2D eigenvalue weighted by Gasteiger charge is 2.20. The van der Waals surface area contributed by atoms with Crippen LogP contribution in [0.1, 0.15) is 23.2 Å². The Balaban J connectivity index is 3.15. The topological polar surface area (TPSA) is 39.2 Å². The molecule has 0 aliphatic rings. The average Bonchev–Trinajstić information content (AvgIpc) is 2.30. The molecule has 3 nitrogen and oxygen atoms in total. The summed E-state index contributed by atoms with van der Waals surface area (Å²) in [5, 5.41) is 0.0377. The summed E-state index contributed by atoms with van der Waals surface area (Å²) in [4.78, 5) is 14.6. The van der Waals surface area contributed by atoms with Crippen molar-refractivity contribution in [1.82, 2.24) is 4.98 Å². The van der Waals surface area contributed by atoms with Gasteiger partial charge in [0, 0.05) is 17.3 Å². The first-order chi connectivity index (χ1) is 8.01. The van der Waals surface area contributed by atoms with Gasteiger partial charge in [0.2, 0.25) is 0 Å². The summed E-state index contributed by atoms with van der Waals surface area (Å²) in [6.45, 7) is 0. The number of aromatic nitrogens is 1. The van der Waals surface area contributed by atoms with Crippen molar-refractivity contribution in [2.75, 3.05) is 7.11 Å². The number of halogens is 4. The molecular formula is C10H9Cl2F2NO2. The molecule has 94 valence electrons. The third-order valence-electron chi connectivity index (χ3n) is 2.12. The molecule has 0 aliphatic heterocycles. The van der Waals surface area contributed by atoms with Crippen molar-refractivity contribution in [3.8, 4) is 0 Å². The number of rotatable bonds is 4. The van der Waals surface area contributed by atoms with Gasteiger partial charge in [-0.05, 0) is 0 Å². The van der Waals surface area contributed by atoms with Gasteiger partial charge in [-0.25, -0.2) is 8.78 Å². The molecule has 1 aromatic rings. The fourth-order valence-electron chi connectivity index (χ4n) is 1.25. The summed E-state index contributed by atoms with van der Waals surface area (Å²) < 4.78 is 29.6. The Kier molecular flexibility index (Phi) is 5.08. The van der Waals surface area contributed by atoms with Gasteiger partial charge in [-0.2, -0.15) is 0 Å². The van der Waals surface area contributed by atoms with E-state index in [2.05, 4.69) is 9.72 Å². The van der Waals surface area contributed by atoms with Crippen LogP contribution in [0, 0.1) is 0 Å².